The molecule has 0 aliphatic rings. The molecule has 3 rings (SSSR count). The molecular weight excluding hydrogens is 432 g/mol. The Morgan fingerprint density at radius 3 is 2.50 bits per heavy atom. The molecule has 0 fully saturated rings. The smallest absolute Gasteiger partial charge is 0.337 e. The molecule has 0 spiro atoms. The van der Waals surface area contributed by atoms with Crippen LogP contribution in [-0.4, -0.2) is 46.6 Å². The van der Waals surface area contributed by atoms with E-state index in [0.717, 1.165) is 5.75 Å². The van der Waals surface area contributed by atoms with Crippen molar-refractivity contribution in [3.05, 3.63) is 59.9 Å². The molecule has 0 saturated carbocycles. The number of esters is 1. The van der Waals surface area contributed by atoms with Crippen molar-refractivity contribution in [3.8, 4) is 11.5 Å². The van der Waals surface area contributed by atoms with Crippen molar-refractivity contribution >= 4 is 29.3 Å². The van der Waals surface area contributed by atoms with E-state index in [1.807, 2.05) is 35.8 Å². The van der Waals surface area contributed by atoms with Gasteiger partial charge in [-0.25, -0.2) is 4.79 Å². The molecule has 2 aromatic carbocycles. The Morgan fingerprint density at radius 1 is 1.06 bits per heavy atom. The third kappa shape index (κ3) is 6.01. The number of carbonyl (C=O) groups excluding carboxylic acids is 2. The molecule has 168 valence electrons. The first kappa shape index (κ1) is 23.1. The van der Waals surface area contributed by atoms with Gasteiger partial charge in [-0.2, -0.15) is 0 Å². The van der Waals surface area contributed by atoms with Gasteiger partial charge in [0.15, 0.2) is 11.0 Å². The van der Waals surface area contributed by atoms with Crippen LogP contribution in [-0.2, 0) is 22.7 Å². The summed E-state index contributed by atoms with van der Waals surface area (Å²) >= 11 is 1.28. The molecule has 0 radical (unpaired) electrons. The first-order valence-corrected chi connectivity index (χ1v) is 10.8. The van der Waals surface area contributed by atoms with Crippen molar-refractivity contribution in [1.82, 2.24) is 14.8 Å². The van der Waals surface area contributed by atoms with E-state index in [2.05, 4.69) is 15.5 Å². The number of methoxy groups -OCH3 is 2. The minimum absolute atomic E-state index is 0.139. The summed E-state index contributed by atoms with van der Waals surface area (Å²) in [6, 6.07) is 13.9. The van der Waals surface area contributed by atoms with Crippen LogP contribution >= 0.6 is 11.8 Å². The Hall–Kier alpha value is -3.53. The van der Waals surface area contributed by atoms with Gasteiger partial charge in [0.1, 0.15) is 18.1 Å². The summed E-state index contributed by atoms with van der Waals surface area (Å²) in [6.07, 6.45) is 0. The van der Waals surface area contributed by atoms with Crippen LogP contribution in [0.2, 0.25) is 0 Å². The molecule has 0 atom stereocenters. The molecule has 0 aliphatic heterocycles. The number of thioether (sulfide) groups is 1. The van der Waals surface area contributed by atoms with E-state index in [9.17, 15) is 9.59 Å². The summed E-state index contributed by atoms with van der Waals surface area (Å²) in [7, 11) is 2.92. The zero-order chi connectivity index (χ0) is 22.9. The predicted molar refractivity (Wildman–Crippen MR) is 120 cm³/mol. The van der Waals surface area contributed by atoms with Crippen molar-refractivity contribution in [3.63, 3.8) is 0 Å². The summed E-state index contributed by atoms with van der Waals surface area (Å²) < 4.78 is 17.5. The number of ether oxygens (including phenoxy) is 3. The number of hydrogen-bond acceptors (Lipinski definition) is 8. The molecule has 0 aliphatic carbocycles. The molecular formula is C22H24N4O5S. The van der Waals surface area contributed by atoms with Crippen molar-refractivity contribution in [2.75, 3.05) is 25.3 Å². The lowest BCUT2D eigenvalue weighted by atomic mass is 10.2. The summed E-state index contributed by atoms with van der Waals surface area (Å²) in [5, 5.41) is 11.8. The maximum absolute atomic E-state index is 12.4. The molecule has 32 heavy (non-hydrogen) atoms. The largest absolute Gasteiger partial charge is 0.497 e. The topological polar surface area (TPSA) is 105 Å². The van der Waals surface area contributed by atoms with E-state index >= 15 is 0 Å². The van der Waals surface area contributed by atoms with E-state index in [-0.39, 0.29) is 18.3 Å². The molecule has 3 aromatic rings. The molecule has 0 saturated heterocycles. The Labute approximate surface area is 190 Å². The Bertz CT molecular complexity index is 1070. The van der Waals surface area contributed by atoms with Gasteiger partial charge in [-0.1, -0.05) is 17.8 Å². The predicted octanol–water partition coefficient (Wildman–Crippen LogP) is 3.40. The molecule has 1 N–H and O–H groups in total. The monoisotopic (exact) mass is 456 g/mol. The molecule has 1 heterocycles. The number of rotatable bonds is 10. The maximum atomic E-state index is 12.4. The molecule has 0 bridgehead atoms. The summed E-state index contributed by atoms with van der Waals surface area (Å²) in [4.78, 5) is 24.0. The van der Waals surface area contributed by atoms with Gasteiger partial charge in [-0.15, -0.1) is 10.2 Å². The maximum Gasteiger partial charge on any atom is 0.337 e. The van der Waals surface area contributed by atoms with Crippen molar-refractivity contribution in [1.29, 1.82) is 0 Å². The number of amides is 1. The first-order valence-electron chi connectivity index (χ1n) is 9.84. The number of benzene rings is 2. The lowest BCUT2D eigenvalue weighted by Crippen LogP contribution is -2.15. The third-order valence-corrected chi connectivity index (χ3v) is 5.40. The number of nitrogens with one attached hydrogen (secondary N) is 1. The number of nitrogens with zero attached hydrogens (tertiary/aromatic N) is 3. The third-order valence-electron chi connectivity index (χ3n) is 4.44. The van der Waals surface area contributed by atoms with Crippen LogP contribution in [0, 0.1) is 0 Å². The van der Waals surface area contributed by atoms with Crippen LogP contribution in [0.5, 0.6) is 11.5 Å². The molecule has 1 aromatic heterocycles. The van der Waals surface area contributed by atoms with Gasteiger partial charge in [-0.05, 0) is 49.4 Å². The molecule has 9 nitrogen and oxygen atoms in total. The van der Waals surface area contributed by atoms with Crippen LogP contribution in [0.15, 0.2) is 53.7 Å². The van der Waals surface area contributed by atoms with E-state index in [1.54, 1.807) is 31.4 Å². The normalized spacial score (nSPS) is 10.5. The highest BCUT2D eigenvalue weighted by Gasteiger charge is 2.14. The minimum atomic E-state index is -0.462. The number of carbonyl (C=O) groups is 2. The summed E-state index contributed by atoms with van der Waals surface area (Å²) in [6.45, 7) is 2.86. The summed E-state index contributed by atoms with van der Waals surface area (Å²) in [5.74, 6) is 1.56. The van der Waals surface area contributed by atoms with E-state index in [0.29, 0.717) is 34.5 Å². The standard InChI is InChI=1S/C22H24N4O5S/c1-4-26-19(13-31-18-10-8-17(29-2)9-11-18)24-25-22(26)32-14-20(27)23-16-7-5-6-15(12-16)21(28)30-3/h5-12H,4,13-14H2,1-3H3,(H,23,27). The highest BCUT2D eigenvalue weighted by Crippen LogP contribution is 2.21. The first-order chi connectivity index (χ1) is 15.5. The zero-order valence-corrected chi connectivity index (χ0v) is 18.8. The van der Waals surface area contributed by atoms with Crippen LogP contribution in [0.25, 0.3) is 0 Å². The van der Waals surface area contributed by atoms with Crippen molar-refractivity contribution in [2.45, 2.75) is 25.2 Å². The van der Waals surface area contributed by atoms with Gasteiger partial charge in [0, 0.05) is 12.2 Å². The zero-order valence-electron chi connectivity index (χ0n) is 18.0. The molecule has 1 amide bonds. The minimum Gasteiger partial charge on any atom is -0.497 e. The average molecular weight is 457 g/mol. The second-order valence-electron chi connectivity index (χ2n) is 6.52. The Kier molecular flexibility index (Phi) is 8.09. The van der Waals surface area contributed by atoms with E-state index < -0.39 is 5.97 Å². The summed E-state index contributed by atoms with van der Waals surface area (Å²) in [5.41, 5.74) is 0.884. The van der Waals surface area contributed by atoms with Crippen LogP contribution in [0.3, 0.4) is 0 Å². The fourth-order valence-corrected chi connectivity index (χ4v) is 3.66. The Balaban J connectivity index is 1.56. The van der Waals surface area contributed by atoms with Gasteiger partial charge in [-0.3, -0.25) is 4.79 Å². The second-order valence-corrected chi connectivity index (χ2v) is 7.46. The van der Waals surface area contributed by atoms with E-state index in [4.69, 9.17) is 14.2 Å². The molecule has 10 heteroatoms. The van der Waals surface area contributed by atoms with Crippen LogP contribution in [0.1, 0.15) is 23.1 Å². The fraction of sp³-hybridized carbons (Fsp3) is 0.273. The second kappa shape index (κ2) is 11.2. The average Bonchev–Trinajstić information content (AvgIpc) is 3.23. The Morgan fingerprint density at radius 2 is 1.81 bits per heavy atom. The number of anilines is 1. The lowest BCUT2D eigenvalue weighted by molar-refractivity contribution is -0.113. The van der Waals surface area contributed by atoms with Crippen LogP contribution in [0.4, 0.5) is 5.69 Å². The van der Waals surface area contributed by atoms with Crippen LogP contribution < -0.4 is 14.8 Å². The van der Waals surface area contributed by atoms with Gasteiger partial charge in [0.05, 0.1) is 25.5 Å². The van der Waals surface area contributed by atoms with Gasteiger partial charge < -0.3 is 24.1 Å². The van der Waals surface area contributed by atoms with Gasteiger partial charge >= 0.3 is 5.97 Å². The number of hydrogen-bond donors (Lipinski definition) is 1. The highest BCUT2D eigenvalue weighted by molar-refractivity contribution is 7.99. The lowest BCUT2D eigenvalue weighted by Gasteiger charge is -2.10. The number of aromatic nitrogens is 3. The van der Waals surface area contributed by atoms with E-state index in [1.165, 1.54) is 18.9 Å². The van der Waals surface area contributed by atoms with Gasteiger partial charge in [0.2, 0.25) is 5.91 Å². The SMILES string of the molecule is CCn1c(COc2ccc(OC)cc2)nnc1SCC(=O)Nc1cccc(C(=O)OC)c1. The highest BCUT2D eigenvalue weighted by atomic mass is 32.2. The molecule has 0 unspecified atom stereocenters. The quantitative estimate of drug-likeness (QED) is 0.366. The van der Waals surface area contributed by atoms with Gasteiger partial charge in [0.25, 0.3) is 0 Å². The fourth-order valence-electron chi connectivity index (χ4n) is 2.84. The van der Waals surface area contributed by atoms with Crippen molar-refractivity contribution in [2.24, 2.45) is 0 Å². The van der Waals surface area contributed by atoms with Crippen molar-refractivity contribution < 1.29 is 23.8 Å².